The molecule has 7 heteroatoms. The van der Waals surface area contributed by atoms with Crippen LogP contribution < -0.4 is 5.32 Å². The van der Waals surface area contributed by atoms with Gasteiger partial charge in [0, 0.05) is 12.1 Å². The summed E-state index contributed by atoms with van der Waals surface area (Å²) in [6.45, 7) is 2.95. The largest absolute Gasteiger partial charge is 0.395 e. The third-order valence-electron chi connectivity index (χ3n) is 4.23. The molecule has 1 aromatic carbocycles. The minimum Gasteiger partial charge on any atom is -0.395 e. The average Bonchev–Trinajstić information content (AvgIpc) is 3.14. The first-order valence-electron chi connectivity index (χ1n) is 8.04. The van der Waals surface area contributed by atoms with Crippen LogP contribution in [0.5, 0.6) is 0 Å². The van der Waals surface area contributed by atoms with Crippen LogP contribution >= 0.6 is 0 Å². The van der Waals surface area contributed by atoms with E-state index < -0.39 is 0 Å². The number of hydrogen-bond donors (Lipinski definition) is 2. The van der Waals surface area contributed by atoms with E-state index in [2.05, 4.69) is 10.4 Å². The highest BCUT2D eigenvalue weighted by Gasteiger charge is 2.25. The van der Waals surface area contributed by atoms with E-state index in [4.69, 9.17) is 0 Å². The van der Waals surface area contributed by atoms with Crippen molar-refractivity contribution in [1.29, 1.82) is 0 Å². The van der Waals surface area contributed by atoms with Crippen LogP contribution in [0.25, 0.3) is 5.69 Å². The third kappa shape index (κ3) is 3.63. The Morgan fingerprint density at radius 3 is 2.88 bits per heavy atom. The van der Waals surface area contributed by atoms with Crippen molar-refractivity contribution in [3.8, 4) is 5.69 Å². The van der Waals surface area contributed by atoms with Gasteiger partial charge in [0.15, 0.2) is 0 Å². The van der Waals surface area contributed by atoms with Crippen molar-refractivity contribution in [3.05, 3.63) is 41.8 Å². The standard InChI is InChI=1S/C17H21FN4O2/c1-12-9-16(22(20-12)14-6-4-13(18)5-7-14)19-17(24)10-21-8-2-3-15(21)11-23/h4-7,9,15,23H,2-3,8,10-11H2,1H3,(H,19,24)/t15-/m0/s1. The van der Waals surface area contributed by atoms with Crippen molar-refractivity contribution in [2.75, 3.05) is 25.0 Å². The molecule has 0 unspecified atom stereocenters. The summed E-state index contributed by atoms with van der Waals surface area (Å²) in [7, 11) is 0. The number of nitrogens with zero attached hydrogens (tertiary/aromatic N) is 3. The first-order chi connectivity index (χ1) is 11.6. The van der Waals surface area contributed by atoms with E-state index in [9.17, 15) is 14.3 Å². The molecule has 1 aliphatic rings. The zero-order chi connectivity index (χ0) is 17.1. The molecular formula is C17H21FN4O2. The van der Waals surface area contributed by atoms with Gasteiger partial charge in [-0.15, -0.1) is 0 Å². The van der Waals surface area contributed by atoms with Gasteiger partial charge in [-0.3, -0.25) is 9.69 Å². The zero-order valence-electron chi connectivity index (χ0n) is 13.6. The van der Waals surface area contributed by atoms with Gasteiger partial charge in [0.25, 0.3) is 0 Å². The Morgan fingerprint density at radius 1 is 1.42 bits per heavy atom. The van der Waals surface area contributed by atoms with Crippen LogP contribution in [-0.4, -0.2) is 51.4 Å². The predicted octanol–water partition coefficient (Wildman–Crippen LogP) is 1.72. The van der Waals surface area contributed by atoms with Crippen LogP contribution in [0.1, 0.15) is 18.5 Å². The van der Waals surface area contributed by atoms with Crippen molar-refractivity contribution in [2.24, 2.45) is 0 Å². The van der Waals surface area contributed by atoms with E-state index in [0.29, 0.717) is 11.5 Å². The first-order valence-corrected chi connectivity index (χ1v) is 8.04. The molecule has 1 amide bonds. The monoisotopic (exact) mass is 332 g/mol. The number of aryl methyl sites for hydroxylation is 1. The summed E-state index contributed by atoms with van der Waals surface area (Å²) in [5.41, 5.74) is 1.43. The fourth-order valence-corrected chi connectivity index (χ4v) is 3.04. The lowest BCUT2D eigenvalue weighted by atomic mass is 10.2. The number of aliphatic hydroxyl groups excluding tert-OH is 1. The molecule has 0 aliphatic carbocycles. The highest BCUT2D eigenvalue weighted by atomic mass is 19.1. The van der Waals surface area contributed by atoms with Gasteiger partial charge in [0.05, 0.1) is 24.5 Å². The molecule has 1 aliphatic heterocycles. The van der Waals surface area contributed by atoms with Gasteiger partial charge in [-0.1, -0.05) is 0 Å². The number of carbonyl (C=O) groups is 1. The summed E-state index contributed by atoms with van der Waals surface area (Å²) in [5, 5.41) is 16.6. The lowest BCUT2D eigenvalue weighted by molar-refractivity contribution is -0.117. The topological polar surface area (TPSA) is 70.4 Å². The van der Waals surface area contributed by atoms with Gasteiger partial charge in [-0.2, -0.15) is 5.10 Å². The molecule has 0 spiro atoms. The molecular weight excluding hydrogens is 311 g/mol. The van der Waals surface area contributed by atoms with Gasteiger partial charge in [-0.05, 0) is 50.6 Å². The van der Waals surface area contributed by atoms with Crippen LogP contribution in [0.2, 0.25) is 0 Å². The van der Waals surface area contributed by atoms with Crippen LogP contribution in [0.15, 0.2) is 30.3 Å². The second kappa shape index (κ2) is 7.11. The normalized spacial score (nSPS) is 18.0. The minimum absolute atomic E-state index is 0.0551. The van der Waals surface area contributed by atoms with E-state index >= 15 is 0 Å². The van der Waals surface area contributed by atoms with E-state index in [0.717, 1.165) is 25.1 Å². The van der Waals surface area contributed by atoms with Crippen LogP contribution in [0.4, 0.5) is 10.2 Å². The van der Waals surface area contributed by atoms with Crippen LogP contribution in [0, 0.1) is 12.7 Å². The summed E-state index contributed by atoms with van der Waals surface area (Å²) in [6.07, 6.45) is 1.90. The van der Waals surface area contributed by atoms with Gasteiger partial charge < -0.3 is 10.4 Å². The number of amides is 1. The number of hydrogen-bond acceptors (Lipinski definition) is 4. The molecule has 0 radical (unpaired) electrons. The predicted molar refractivity (Wildman–Crippen MR) is 88.6 cm³/mol. The summed E-state index contributed by atoms with van der Waals surface area (Å²) in [6, 6.07) is 7.76. The SMILES string of the molecule is Cc1cc(NC(=O)CN2CCC[C@H]2CO)n(-c2ccc(F)cc2)n1. The van der Waals surface area contributed by atoms with Crippen molar-refractivity contribution >= 4 is 11.7 Å². The molecule has 3 rings (SSSR count). The molecule has 2 heterocycles. The lowest BCUT2D eigenvalue weighted by Gasteiger charge is -2.21. The number of rotatable bonds is 5. The molecule has 0 bridgehead atoms. The highest BCUT2D eigenvalue weighted by molar-refractivity contribution is 5.91. The van der Waals surface area contributed by atoms with E-state index in [1.165, 1.54) is 12.1 Å². The summed E-state index contributed by atoms with van der Waals surface area (Å²) in [5.74, 6) is 0.0692. The molecule has 2 N–H and O–H groups in total. The second-order valence-corrected chi connectivity index (χ2v) is 6.06. The van der Waals surface area contributed by atoms with E-state index in [1.807, 2.05) is 11.8 Å². The zero-order valence-corrected chi connectivity index (χ0v) is 13.6. The summed E-state index contributed by atoms with van der Waals surface area (Å²) in [4.78, 5) is 14.3. The molecule has 6 nitrogen and oxygen atoms in total. The average molecular weight is 332 g/mol. The van der Waals surface area contributed by atoms with Gasteiger partial charge in [0.1, 0.15) is 11.6 Å². The maximum Gasteiger partial charge on any atom is 0.239 e. The number of nitrogens with one attached hydrogen (secondary N) is 1. The molecule has 1 atom stereocenters. The van der Waals surface area contributed by atoms with Crippen LogP contribution in [-0.2, 0) is 4.79 Å². The quantitative estimate of drug-likeness (QED) is 0.875. The third-order valence-corrected chi connectivity index (χ3v) is 4.23. The number of aromatic nitrogens is 2. The van der Waals surface area contributed by atoms with Gasteiger partial charge in [0.2, 0.25) is 5.91 Å². The molecule has 1 saturated heterocycles. The Labute approximate surface area is 139 Å². The number of anilines is 1. The van der Waals surface area contributed by atoms with Crippen molar-refractivity contribution < 1.29 is 14.3 Å². The smallest absolute Gasteiger partial charge is 0.239 e. The Bertz CT molecular complexity index is 714. The molecule has 0 saturated carbocycles. The first kappa shape index (κ1) is 16.6. The van der Waals surface area contributed by atoms with Crippen molar-refractivity contribution in [3.63, 3.8) is 0 Å². The lowest BCUT2D eigenvalue weighted by Crippen LogP contribution is -2.38. The minimum atomic E-state index is -0.322. The molecule has 2 aromatic rings. The second-order valence-electron chi connectivity index (χ2n) is 6.06. The van der Waals surface area contributed by atoms with Gasteiger partial charge in [-0.25, -0.2) is 9.07 Å². The Balaban J connectivity index is 1.73. The van der Waals surface area contributed by atoms with Crippen molar-refractivity contribution in [2.45, 2.75) is 25.8 Å². The number of carbonyl (C=O) groups excluding carboxylic acids is 1. The summed E-state index contributed by atoms with van der Waals surface area (Å²) >= 11 is 0. The number of aliphatic hydroxyl groups is 1. The maximum absolute atomic E-state index is 13.1. The molecule has 1 aromatic heterocycles. The maximum atomic E-state index is 13.1. The Morgan fingerprint density at radius 2 is 2.17 bits per heavy atom. The summed E-state index contributed by atoms with van der Waals surface area (Å²) < 4.78 is 14.7. The molecule has 128 valence electrons. The van der Waals surface area contributed by atoms with Crippen LogP contribution in [0.3, 0.4) is 0 Å². The molecule has 24 heavy (non-hydrogen) atoms. The Hall–Kier alpha value is -2.25. The van der Waals surface area contributed by atoms with E-state index in [1.54, 1.807) is 22.9 Å². The number of likely N-dealkylation sites (tertiary alicyclic amines) is 1. The van der Waals surface area contributed by atoms with Crippen molar-refractivity contribution in [1.82, 2.24) is 14.7 Å². The fraction of sp³-hybridized carbons (Fsp3) is 0.412. The van der Waals surface area contributed by atoms with Gasteiger partial charge >= 0.3 is 0 Å². The Kier molecular flexibility index (Phi) is 4.92. The molecule has 1 fully saturated rings. The van der Waals surface area contributed by atoms with E-state index in [-0.39, 0.29) is 30.9 Å². The number of benzene rings is 1. The highest BCUT2D eigenvalue weighted by Crippen LogP contribution is 2.19. The fourth-order valence-electron chi connectivity index (χ4n) is 3.04. The number of halogens is 1.